The van der Waals surface area contributed by atoms with E-state index in [0.29, 0.717) is 41.9 Å². The van der Waals surface area contributed by atoms with Gasteiger partial charge in [0, 0.05) is 59.2 Å². The van der Waals surface area contributed by atoms with Crippen molar-refractivity contribution in [3.8, 4) is 11.1 Å². The highest BCUT2D eigenvalue weighted by Crippen LogP contribution is 2.40. The van der Waals surface area contributed by atoms with Crippen LogP contribution in [-0.2, 0) is 17.8 Å². The maximum Gasteiger partial charge on any atom is 0.340 e. The summed E-state index contributed by atoms with van der Waals surface area (Å²) in [4.78, 5) is 41.5. The Hall–Kier alpha value is -4.51. The van der Waals surface area contributed by atoms with Crippen LogP contribution in [-0.4, -0.2) is 33.7 Å². The minimum atomic E-state index is -1.24. The van der Waals surface area contributed by atoms with E-state index in [1.165, 1.54) is 6.07 Å². The third-order valence-corrected chi connectivity index (χ3v) is 9.21. The van der Waals surface area contributed by atoms with Crippen molar-refractivity contribution < 1.29 is 24.1 Å². The number of furan rings is 1. The van der Waals surface area contributed by atoms with E-state index in [-0.39, 0.29) is 29.9 Å². The number of benzene rings is 2. The molecule has 1 saturated heterocycles. The molecule has 2 N–H and O–H groups in total. The lowest BCUT2D eigenvalue weighted by Gasteiger charge is -2.43. The van der Waals surface area contributed by atoms with Crippen molar-refractivity contribution in [2.45, 2.75) is 46.1 Å². The topological polar surface area (TPSA) is 133 Å². The molecule has 0 aliphatic carbocycles. The van der Waals surface area contributed by atoms with Crippen molar-refractivity contribution in [2.75, 3.05) is 13.1 Å². The summed E-state index contributed by atoms with van der Waals surface area (Å²) in [6.45, 7) is 6.85. The van der Waals surface area contributed by atoms with Gasteiger partial charge in [-0.3, -0.25) is 9.59 Å². The summed E-state index contributed by atoms with van der Waals surface area (Å²) in [5, 5.41) is 21.3. The lowest BCUT2D eigenvalue weighted by atomic mass is 9.83. The lowest BCUT2D eigenvalue weighted by Crippen LogP contribution is -3.00. The molecule has 5 heterocycles. The van der Waals surface area contributed by atoms with Crippen LogP contribution in [0, 0.1) is 31.9 Å². The number of fused-ring (bicyclic) bond motifs is 6. The first-order valence-corrected chi connectivity index (χ1v) is 14.4. The molecule has 2 aromatic carbocycles. The van der Waals surface area contributed by atoms with Gasteiger partial charge in [0.2, 0.25) is 11.6 Å². The largest absolute Gasteiger partial charge is 0.595 e. The van der Waals surface area contributed by atoms with Gasteiger partial charge < -0.3 is 23.5 Å². The molecule has 10 heteroatoms. The molecule has 1 fully saturated rings. The Morgan fingerprint density at radius 3 is 2.47 bits per heavy atom. The van der Waals surface area contributed by atoms with Gasteiger partial charge in [0.25, 0.3) is 0 Å². The summed E-state index contributed by atoms with van der Waals surface area (Å²) in [5.74, 6) is 0.526. The number of carbonyl (C=O) groups excluding carboxylic acids is 1. The molecule has 3 atom stereocenters. The average molecular weight is 582 g/mol. The first-order valence-electron chi connectivity index (χ1n) is 14.4. The van der Waals surface area contributed by atoms with Gasteiger partial charge in [0.05, 0.1) is 12.0 Å². The molecular weight excluding hydrogens is 550 g/mol. The highest BCUT2D eigenvalue weighted by molar-refractivity contribution is 6.06. The Balaban J connectivity index is 1.23. The van der Waals surface area contributed by atoms with Crippen molar-refractivity contribution in [1.29, 1.82) is 0 Å². The van der Waals surface area contributed by atoms with E-state index >= 15 is 0 Å². The van der Waals surface area contributed by atoms with Crippen LogP contribution in [0.3, 0.4) is 0 Å². The Labute approximate surface area is 245 Å². The second-order valence-corrected chi connectivity index (χ2v) is 11.8. The Morgan fingerprint density at radius 2 is 1.72 bits per heavy atom. The number of likely N-dealkylation sites (tertiary alicyclic amines) is 1. The molecule has 3 aromatic heterocycles. The molecule has 1 unspecified atom stereocenters. The molecular formula is C33H31N3O7. The normalized spacial score (nSPS) is 18.7. The number of aromatic nitrogens is 1. The third-order valence-electron chi connectivity index (χ3n) is 9.21. The molecule has 1 amide bonds. The Bertz CT molecular complexity index is 2060. The summed E-state index contributed by atoms with van der Waals surface area (Å²) < 4.78 is 13.6. The molecule has 0 spiro atoms. The van der Waals surface area contributed by atoms with Gasteiger partial charge in [-0.2, -0.15) is 5.23 Å². The van der Waals surface area contributed by atoms with E-state index < -0.39 is 16.4 Å². The van der Waals surface area contributed by atoms with Crippen LogP contribution in [0.2, 0.25) is 0 Å². The fraction of sp³-hybridized carbons (Fsp3) is 0.303. The number of hydrogen-bond acceptors (Lipinski definition) is 7. The molecule has 220 valence electrons. The smallest absolute Gasteiger partial charge is 0.340 e. The van der Waals surface area contributed by atoms with Crippen LogP contribution in [0.5, 0.6) is 0 Å². The number of nitrogens with zero attached hydrogens (tertiary/aromatic N) is 2. The number of piperidine rings is 1. The van der Waals surface area contributed by atoms with Gasteiger partial charge in [0.1, 0.15) is 16.9 Å². The zero-order valence-electron chi connectivity index (χ0n) is 24.1. The van der Waals surface area contributed by atoms with Gasteiger partial charge in [-0.25, -0.2) is 10.0 Å². The summed E-state index contributed by atoms with van der Waals surface area (Å²) in [5.41, 5.74) is 4.37. The van der Waals surface area contributed by atoms with Gasteiger partial charge in [0.15, 0.2) is 0 Å². The van der Waals surface area contributed by atoms with Crippen molar-refractivity contribution in [3.05, 3.63) is 103 Å². The van der Waals surface area contributed by atoms with Crippen molar-refractivity contribution >= 4 is 33.5 Å². The molecule has 10 nitrogen and oxygen atoms in total. The van der Waals surface area contributed by atoms with Crippen LogP contribution >= 0.6 is 0 Å². The van der Waals surface area contributed by atoms with Crippen LogP contribution in [0.15, 0.2) is 67.0 Å². The van der Waals surface area contributed by atoms with Crippen LogP contribution in [0.25, 0.3) is 33.1 Å². The fourth-order valence-electron chi connectivity index (χ4n) is 7.12. The number of aryl methyl sites for hydroxylation is 3. The summed E-state index contributed by atoms with van der Waals surface area (Å²) in [7, 11) is 0. The second-order valence-electron chi connectivity index (χ2n) is 11.8. The predicted molar refractivity (Wildman–Crippen MR) is 160 cm³/mol. The van der Waals surface area contributed by atoms with Gasteiger partial charge in [-0.05, 0) is 56.4 Å². The SMILES string of the molecule is Cc1oc2c(C)c3oc(=O)c(CC(=O)N4C[C@@H]5C[C@@H](C4)c4ccc([NH+]([O-])O)c(=O)n4C5)c(C)c3cc2c1-c1ccccc1. The molecule has 7 rings (SSSR count). The summed E-state index contributed by atoms with van der Waals surface area (Å²) in [6.07, 6.45) is 0.720. The molecule has 2 aliphatic heterocycles. The third kappa shape index (κ3) is 4.32. The number of rotatable bonds is 4. The maximum absolute atomic E-state index is 13.7. The number of amides is 1. The number of carbonyl (C=O) groups is 1. The van der Waals surface area contributed by atoms with Gasteiger partial charge in [-0.1, -0.05) is 30.3 Å². The second kappa shape index (κ2) is 10.0. The first kappa shape index (κ1) is 27.3. The Kier molecular flexibility index (Phi) is 6.39. The highest BCUT2D eigenvalue weighted by atomic mass is 16.8. The van der Waals surface area contributed by atoms with Crippen molar-refractivity contribution in [2.24, 2.45) is 5.92 Å². The van der Waals surface area contributed by atoms with E-state index in [1.54, 1.807) is 15.5 Å². The Morgan fingerprint density at radius 1 is 0.977 bits per heavy atom. The number of quaternary nitrogens is 1. The minimum absolute atomic E-state index is 0.0164. The monoisotopic (exact) mass is 581 g/mol. The van der Waals surface area contributed by atoms with Gasteiger partial charge in [-0.15, -0.1) is 0 Å². The van der Waals surface area contributed by atoms with E-state index in [4.69, 9.17) is 8.83 Å². The number of pyridine rings is 1. The molecule has 0 radical (unpaired) electrons. The maximum atomic E-state index is 13.7. The van der Waals surface area contributed by atoms with E-state index in [1.807, 2.05) is 57.2 Å². The van der Waals surface area contributed by atoms with Crippen LogP contribution in [0.1, 0.15) is 40.5 Å². The molecule has 2 aliphatic rings. The first-order chi connectivity index (χ1) is 20.6. The molecule has 2 bridgehead atoms. The summed E-state index contributed by atoms with van der Waals surface area (Å²) >= 11 is 0. The fourth-order valence-corrected chi connectivity index (χ4v) is 7.12. The quantitative estimate of drug-likeness (QED) is 0.243. The van der Waals surface area contributed by atoms with E-state index in [9.17, 15) is 24.8 Å². The minimum Gasteiger partial charge on any atom is -0.595 e. The standard InChI is InChI=1S/C33H31N3O7/c1-17-23-12-25-29(21-7-5-4-6-8-21)19(3)42-31(25)18(2)30(23)43-33(39)24(17)13-28(37)34-14-20-11-22(16-34)26-9-10-27(36(40)41)32(38)35(26)15-20/h4-10,12,20,22,36,40H,11,13-16H2,1-3H3/t20-,22-/m0/s1. The van der Waals surface area contributed by atoms with Crippen LogP contribution in [0.4, 0.5) is 5.69 Å². The van der Waals surface area contributed by atoms with Gasteiger partial charge >= 0.3 is 11.2 Å². The predicted octanol–water partition coefficient (Wildman–Crippen LogP) is 3.88. The van der Waals surface area contributed by atoms with Crippen molar-refractivity contribution in [1.82, 2.24) is 9.47 Å². The van der Waals surface area contributed by atoms with Crippen molar-refractivity contribution in [3.63, 3.8) is 0 Å². The zero-order valence-corrected chi connectivity index (χ0v) is 24.1. The zero-order chi connectivity index (χ0) is 30.2. The molecule has 0 saturated carbocycles. The highest BCUT2D eigenvalue weighted by Gasteiger charge is 2.37. The van der Waals surface area contributed by atoms with E-state index in [2.05, 4.69) is 0 Å². The summed E-state index contributed by atoms with van der Waals surface area (Å²) in [6, 6.07) is 15.0. The number of nitrogens with one attached hydrogen (secondary N) is 1. The lowest BCUT2D eigenvalue weighted by molar-refractivity contribution is -0.992. The average Bonchev–Trinajstić information content (AvgIpc) is 3.32. The molecule has 5 aromatic rings. The molecule has 43 heavy (non-hydrogen) atoms. The van der Waals surface area contributed by atoms with Crippen LogP contribution < -0.4 is 16.4 Å². The van der Waals surface area contributed by atoms with E-state index in [0.717, 1.165) is 45.3 Å². The number of hydrogen-bond donors (Lipinski definition) is 2.